The Balaban J connectivity index is 1.97. The van der Waals surface area contributed by atoms with E-state index in [0.29, 0.717) is 6.54 Å². The third-order valence-electron chi connectivity index (χ3n) is 2.07. The van der Waals surface area contributed by atoms with Crippen molar-refractivity contribution in [2.24, 2.45) is 0 Å². The molecular formula is C10H10N4O2S. The second kappa shape index (κ2) is 4.88. The summed E-state index contributed by atoms with van der Waals surface area (Å²) in [6.45, 7) is 2.59. The number of aryl methyl sites for hydroxylation is 1. The van der Waals surface area contributed by atoms with Gasteiger partial charge in [-0.2, -0.15) is 0 Å². The summed E-state index contributed by atoms with van der Waals surface area (Å²) in [7, 11) is 0. The van der Waals surface area contributed by atoms with Crippen LogP contribution >= 0.6 is 11.3 Å². The van der Waals surface area contributed by atoms with Crippen LogP contribution in [0.4, 0.5) is 11.5 Å². The summed E-state index contributed by atoms with van der Waals surface area (Å²) in [6, 6.07) is 3.01. The summed E-state index contributed by atoms with van der Waals surface area (Å²) < 4.78 is 0. The molecule has 0 saturated heterocycles. The van der Waals surface area contributed by atoms with Crippen LogP contribution in [0.15, 0.2) is 24.5 Å². The molecule has 2 rings (SSSR count). The van der Waals surface area contributed by atoms with Gasteiger partial charge >= 0.3 is 5.82 Å². The first-order valence-electron chi connectivity index (χ1n) is 4.91. The number of nitrogens with one attached hydrogen (secondary N) is 1. The molecule has 0 spiro atoms. The van der Waals surface area contributed by atoms with E-state index in [1.165, 1.54) is 12.3 Å². The predicted molar refractivity (Wildman–Crippen MR) is 65.1 cm³/mol. The SMILES string of the molecule is Cc1ncc(CNc2ccc([N+](=O)[O-])nc2)s1. The van der Waals surface area contributed by atoms with E-state index >= 15 is 0 Å². The van der Waals surface area contributed by atoms with Gasteiger partial charge in [-0.15, -0.1) is 11.3 Å². The fourth-order valence-corrected chi connectivity index (χ4v) is 2.01. The Morgan fingerprint density at radius 1 is 1.41 bits per heavy atom. The van der Waals surface area contributed by atoms with Crippen LogP contribution in [0.5, 0.6) is 0 Å². The molecule has 6 nitrogen and oxygen atoms in total. The third kappa shape index (κ3) is 2.97. The van der Waals surface area contributed by atoms with Gasteiger partial charge in [0.1, 0.15) is 0 Å². The van der Waals surface area contributed by atoms with Gasteiger partial charge in [-0.05, 0) is 22.9 Å². The van der Waals surface area contributed by atoms with Crippen molar-refractivity contribution >= 4 is 22.8 Å². The predicted octanol–water partition coefficient (Wildman–Crippen LogP) is 2.37. The van der Waals surface area contributed by atoms with E-state index in [0.717, 1.165) is 15.6 Å². The fraction of sp³-hybridized carbons (Fsp3) is 0.200. The van der Waals surface area contributed by atoms with Gasteiger partial charge in [0.05, 0.1) is 17.2 Å². The summed E-state index contributed by atoms with van der Waals surface area (Å²) in [5.41, 5.74) is 0.752. The monoisotopic (exact) mass is 250 g/mol. The second-order valence-corrected chi connectivity index (χ2v) is 4.68. The van der Waals surface area contributed by atoms with Crippen molar-refractivity contribution in [3.63, 3.8) is 0 Å². The molecular weight excluding hydrogens is 240 g/mol. The maximum absolute atomic E-state index is 10.4. The van der Waals surface area contributed by atoms with Crippen molar-refractivity contribution in [2.45, 2.75) is 13.5 Å². The van der Waals surface area contributed by atoms with Gasteiger partial charge in [-0.25, -0.2) is 4.98 Å². The normalized spacial score (nSPS) is 10.2. The summed E-state index contributed by atoms with van der Waals surface area (Å²) in [5, 5.41) is 14.6. The highest BCUT2D eigenvalue weighted by atomic mass is 32.1. The minimum absolute atomic E-state index is 0.149. The van der Waals surface area contributed by atoms with Crippen LogP contribution in [0.25, 0.3) is 0 Å². The highest BCUT2D eigenvalue weighted by molar-refractivity contribution is 7.11. The molecule has 0 aromatic carbocycles. The molecule has 2 aromatic heterocycles. The fourth-order valence-electron chi connectivity index (χ4n) is 1.27. The van der Waals surface area contributed by atoms with Gasteiger partial charge in [-0.1, -0.05) is 0 Å². The molecule has 0 bridgehead atoms. The van der Waals surface area contributed by atoms with Crippen molar-refractivity contribution in [2.75, 3.05) is 5.32 Å². The topological polar surface area (TPSA) is 81.0 Å². The largest absolute Gasteiger partial charge is 0.377 e. The average molecular weight is 250 g/mol. The van der Waals surface area contributed by atoms with Crippen molar-refractivity contribution < 1.29 is 4.92 Å². The molecule has 0 aliphatic heterocycles. The number of hydrogen-bond donors (Lipinski definition) is 1. The molecule has 7 heteroatoms. The standard InChI is InChI=1S/C10H10N4O2S/c1-7-11-5-9(17-7)6-12-8-2-3-10(13-4-8)14(15)16/h2-5,12H,6H2,1H3. The zero-order valence-electron chi connectivity index (χ0n) is 9.08. The molecule has 0 fully saturated rings. The number of anilines is 1. The van der Waals surface area contributed by atoms with E-state index in [-0.39, 0.29) is 5.82 Å². The van der Waals surface area contributed by atoms with E-state index in [1.54, 1.807) is 17.4 Å². The maximum Gasteiger partial charge on any atom is 0.363 e. The second-order valence-electron chi connectivity index (χ2n) is 3.36. The third-order valence-corrected chi connectivity index (χ3v) is 2.98. The van der Waals surface area contributed by atoms with Crippen LogP contribution in [-0.2, 0) is 6.54 Å². The van der Waals surface area contributed by atoms with Crippen LogP contribution in [0.2, 0.25) is 0 Å². The van der Waals surface area contributed by atoms with E-state index in [9.17, 15) is 10.1 Å². The summed E-state index contributed by atoms with van der Waals surface area (Å²) in [5.74, 6) is -0.149. The van der Waals surface area contributed by atoms with Gasteiger partial charge in [0.25, 0.3) is 0 Å². The van der Waals surface area contributed by atoms with Crippen molar-refractivity contribution in [3.8, 4) is 0 Å². The van der Waals surface area contributed by atoms with Crippen molar-refractivity contribution in [1.29, 1.82) is 0 Å². The Morgan fingerprint density at radius 2 is 2.24 bits per heavy atom. The number of nitrogens with zero attached hydrogens (tertiary/aromatic N) is 3. The molecule has 0 atom stereocenters. The van der Waals surface area contributed by atoms with Crippen LogP contribution in [0, 0.1) is 17.0 Å². The molecule has 0 aliphatic rings. The van der Waals surface area contributed by atoms with Crippen LogP contribution in [0.1, 0.15) is 9.88 Å². The molecule has 88 valence electrons. The molecule has 0 aliphatic carbocycles. The number of hydrogen-bond acceptors (Lipinski definition) is 6. The molecule has 2 aromatic rings. The van der Waals surface area contributed by atoms with Crippen molar-refractivity contribution in [3.05, 3.63) is 44.5 Å². The first-order chi connectivity index (χ1) is 8.15. The Kier molecular flexibility index (Phi) is 3.29. The Bertz CT molecular complexity index is 523. The number of aromatic nitrogens is 2. The number of nitro groups is 1. The number of rotatable bonds is 4. The minimum atomic E-state index is -0.518. The smallest absolute Gasteiger partial charge is 0.363 e. The van der Waals surface area contributed by atoms with Gasteiger partial charge in [0, 0.05) is 17.1 Å². The van der Waals surface area contributed by atoms with Gasteiger partial charge in [0.15, 0.2) is 6.20 Å². The average Bonchev–Trinajstić information content (AvgIpc) is 2.73. The Labute approximate surface area is 102 Å². The molecule has 0 radical (unpaired) electrons. The molecule has 2 heterocycles. The lowest BCUT2D eigenvalue weighted by Crippen LogP contribution is -1.99. The Hall–Kier alpha value is -2.02. The lowest BCUT2D eigenvalue weighted by Gasteiger charge is -2.01. The lowest BCUT2D eigenvalue weighted by molar-refractivity contribution is -0.389. The lowest BCUT2D eigenvalue weighted by atomic mass is 10.4. The first kappa shape index (κ1) is 11.5. The Morgan fingerprint density at radius 3 is 2.76 bits per heavy atom. The minimum Gasteiger partial charge on any atom is -0.377 e. The molecule has 1 N–H and O–H groups in total. The van der Waals surface area contributed by atoms with E-state index in [2.05, 4.69) is 15.3 Å². The molecule has 0 saturated carbocycles. The number of pyridine rings is 1. The van der Waals surface area contributed by atoms with Crippen LogP contribution in [0.3, 0.4) is 0 Å². The summed E-state index contributed by atoms with van der Waals surface area (Å²) in [6.07, 6.45) is 3.26. The molecule has 0 amide bonds. The van der Waals surface area contributed by atoms with Gasteiger partial charge < -0.3 is 15.4 Å². The summed E-state index contributed by atoms with van der Waals surface area (Å²) in [4.78, 5) is 18.9. The van der Waals surface area contributed by atoms with E-state index in [4.69, 9.17) is 0 Å². The first-order valence-corrected chi connectivity index (χ1v) is 5.72. The highest BCUT2D eigenvalue weighted by Crippen LogP contribution is 2.15. The number of thiazole rings is 1. The highest BCUT2D eigenvalue weighted by Gasteiger charge is 2.06. The zero-order valence-corrected chi connectivity index (χ0v) is 9.90. The molecule has 17 heavy (non-hydrogen) atoms. The summed E-state index contributed by atoms with van der Waals surface area (Å²) >= 11 is 1.61. The van der Waals surface area contributed by atoms with E-state index in [1.807, 2.05) is 13.1 Å². The van der Waals surface area contributed by atoms with Gasteiger partial charge in [-0.3, -0.25) is 0 Å². The van der Waals surface area contributed by atoms with Gasteiger partial charge in [0.2, 0.25) is 0 Å². The van der Waals surface area contributed by atoms with Crippen LogP contribution < -0.4 is 5.32 Å². The van der Waals surface area contributed by atoms with Crippen molar-refractivity contribution in [1.82, 2.24) is 9.97 Å². The quantitative estimate of drug-likeness (QED) is 0.665. The maximum atomic E-state index is 10.4. The van der Waals surface area contributed by atoms with E-state index < -0.39 is 4.92 Å². The molecule has 0 unspecified atom stereocenters. The van der Waals surface area contributed by atoms with Crippen LogP contribution in [-0.4, -0.2) is 14.9 Å². The zero-order chi connectivity index (χ0) is 12.3.